The van der Waals surface area contributed by atoms with Gasteiger partial charge in [-0.25, -0.2) is 9.59 Å². The summed E-state index contributed by atoms with van der Waals surface area (Å²) in [4.78, 5) is 43.4. The van der Waals surface area contributed by atoms with Crippen LogP contribution in [0.5, 0.6) is 0 Å². The fourth-order valence-corrected chi connectivity index (χ4v) is 0.409. The fraction of sp³-hybridized carbons (Fsp3) is 0.273. The first-order chi connectivity index (χ1) is 8.26. The predicted molar refractivity (Wildman–Crippen MR) is 65.4 cm³/mol. The van der Waals surface area contributed by atoms with Crippen molar-refractivity contribution in [3.63, 3.8) is 0 Å². The number of aliphatic imine (C=N–C) groups is 1. The van der Waals surface area contributed by atoms with Crippen LogP contribution >= 0.6 is 0 Å². The van der Waals surface area contributed by atoms with Gasteiger partial charge in [-0.3, -0.25) is 14.9 Å². The molecule has 0 aliphatic carbocycles. The Kier molecular flexibility index (Phi) is 9.60. The Morgan fingerprint density at radius 3 is 1.83 bits per heavy atom. The van der Waals surface area contributed by atoms with Crippen molar-refractivity contribution in [3.8, 4) is 0 Å². The summed E-state index contributed by atoms with van der Waals surface area (Å²) in [5.41, 5.74) is 0.553. The van der Waals surface area contributed by atoms with E-state index in [4.69, 9.17) is 0 Å². The van der Waals surface area contributed by atoms with E-state index >= 15 is 0 Å². The highest BCUT2D eigenvalue weighted by atomic mass is 16.2. The zero-order valence-corrected chi connectivity index (χ0v) is 10.5. The van der Waals surface area contributed by atoms with Crippen LogP contribution in [0.4, 0.5) is 4.79 Å². The second kappa shape index (κ2) is 9.68. The van der Waals surface area contributed by atoms with Gasteiger partial charge in [-0.15, -0.1) is 4.99 Å². The van der Waals surface area contributed by atoms with Crippen LogP contribution in [0.2, 0.25) is 0 Å². The molecule has 0 saturated carbocycles. The summed E-state index contributed by atoms with van der Waals surface area (Å²) >= 11 is 0. The Labute approximate surface area is 105 Å². The van der Waals surface area contributed by atoms with E-state index in [0.29, 0.717) is 5.57 Å². The number of hydrogen-bond acceptors (Lipinski definition) is 4. The first-order valence-corrected chi connectivity index (χ1v) is 4.72. The minimum atomic E-state index is -0.611. The molecule has 0 unspecified atom stereocenters. The molecule has 0 fully saturated rings. The third-order valence-corrected chi connectivity index (χ3v) is 1.35. The molecule has 0 bridgehead atoms. The highest BCUT2D eigenvalue weighted by Crippen LogP contribution is 1.87. The summed E-state index contributed by atoms with van der Waals surface area (Å²) < 4.78 is 0. The molecule has 7 nitrogen and oxygen atoms in total. The Morgan fingerprint density at radius 1 is 1.11 bits per heavy atom. The largest absolute Gasteiger partial charge is 0.341 e. The quantitative estimate of drug-likeness (QED) is 0.423. The van der Waals surface area contributed by atoms with Crippen molar-refractivity contribution in [1.29, 1.82) is 0 Å². The molecule has 0 heterocycles. The molecular weight excluding hydrogens is 238 g/mol. The van der Waals surface area contributed by atoms with E-state index in [1.165, 1.54) is 20.9 Å². The average molecular weight is 253 g/mol. The monoisotopic (exact) mass is 253 g/mol. The van der Waals surface area contributed by atoms with Crippen molar-refractivity contribution in [2.45, 2.75) is 13.8 Å². The van der Waals surface area contributed by atoms with Gasteiger partial charge in [-0.2, -0.15) is 0 Å². The number of isocyanates is 1. The van der Waals surface area contributed by atoms with Crippen LogP contribution in [0.25, 0.3) is 0 Å². The molecule has 0 radical (unpaired) electrons. The molecule has 0 aromatic heterocycles. The van der Waals surface area contributed by atoms with Gasteiger partial charge in [-0.1, -0.05) is 13.2 Å². The molecule has 0 aliphatic heterocycles. The lowest BCUT2D eigenvalue weighted by atomic mass is 10.3. The first-order valence-electron chi connectivity index (χ1n) is 4.72. The maximum atomic E-state index is 10.6. The third kappa shape index (κ3) is 10.0. The van der Waals surface area contributed by atoms with Gasteiger partial charge in [-0.05, 0) is 13.8 Å². The summed E-state index contributed by atoms with van der Waals surface area (Å²) in [6, 6.07) is -0.520. The maximum absolute atomic E-state index is 10.6. The van der Waals surface area contributed by atoms with E-state index in [1.54, 1.807) is 0 Å². The molecule has 0 spiro atoms. The lowest BCUT2D eigenvalue weighted by Crippen LogP contribution is -2.37. The van der Waals surface area contributed by atoms with Crippen LogP contribution in [0.3, 0.4) is 0 Å². The lowest BCUT2D eigenvalue weighted by molar-refractivity contribution is -0.116. The molecule has 0 atom stereocenters. The van der Waals surface area contributed by atoms with Crippen LogP contribution in [-0.2, 0) is 14.4 Å². The second-order valence-corrected chi connectivity index (χ2v) is 3.10. The van der Waals surface area contributed by atoms with Crippen molar-refractivity contribution < 1.29 is 19.2 Å². The van der Waals surface area contributed by atoms with Gasteiger partial charge in [0.25, 0.3) is 11.8 Å². The molecule has 0 aliphatic rings. The molecule has 0 aromatic carbocycles. The van der Waals surface area contributed by atoms with Crippen molar-refractivity contribution in [1.82, 2.24) is 10.6 Å². The number of hydrogen-bond donors (Lipinski definition) is 2. The van der Waals surface area contributed by atoms with Crippen LogP contribution in [0.1, 0.15) is 13.8 Å². The molecule has 0 rings (SSSR count). The topological polar surface area (TPSA) is 105 Å². The molecule has 2 N–H and O–H groups in total. The third-order valence-electron chi connectivity index (χ3n) is 1.35. The standard InChI is InChI=1S/C6H10N2O2.C5H5NO2/c1-4(2)5(9)8-6(10)7-3;1-4(2)5(8)6-3-7/h1H2,2-3H3,(H2,7,8,9,10);1H2,2H3. The Morgan fingerprint density at radius 2 is 1.61 bits per heavy atom. The molecule has 18 heavy (non-hydrogen) atoms. The van der Waals surface area contributed by atoms with E-state index in [9.17, 15) is 19.2 Å². The van der Waals surface area contributed by atoms with Gasteiger partial charge < -0.3 is 5.32 Å². The highest BCUT2D eigenvalue weighted by Gasteiger charge is 2.04. The number of nitrogens with one attached hydrogen (secondary N) is 2. The van der Waals surface area contributed by atoms with Gasteiger partial charge in [0.2, 0.25) is 6.08 Å². The number of carbonyl (C=O) groups is 3. The van der Waals surface area contributed by atoms with E-state index in [1.807, 2.05) is 5.32 Å². The minimum Gasteiger partial charge on any atom is -0.341 e. The normalized spacial score (nSPS) is 7.72. The van der Waals surface area contributed by atoms with Crippen molar-refractivity contribution in [3.05, 3.63) is 24.3 Å². The van der Waals surface area contributed by atoms with Gasteiger partial charge in [0.1, 0.15) is 0 Å². The van der Waals surface area contributed by atoms with Gasteiger partial charge in [0, 0.05) is 18.2 Å². The average Bonchev–Trinajstić information content (AvgIpc) is 2.29. The smallest absolute Gasteiger partial charge is 0.321 e. The Balaban J connectivity index is 0. The Bertz CT molecular complexity index is 416. The summed E-state index contributed by atoms with van der Waals surface area (Å²) in [7, 11) is 1.43. The van der Waals surface area contributed by atoms with Crippen LogP contribution in [-0.4, -0.2) is 31.0 Å². The zero-order valence-electron chi connectivity index (χ0n) is 10.5. The summed E-state index contributed by atoms with van der Waals surface area (Å²) in [5.74, 6) is -1.07. The summed E-state index contributed by atoms with van der Waals surface area (Å²) in [6.45, 7) is 9.60. The molecule has 4 amide bonds. The summed E-state index contributed by atoms with van der Waals surface area (Å²) in [6.07, 6.45) is 1.11. The fourth-order valence-electron chi connectivity index (χ4n) is 0.409. The van der Waals surface area contributed by atoms with E-state index < -0.39 is 17.8 Å². The molecule has 0 saturated heterocycles. The second-order valence-electron chi connectivity index (χ2n) is 3.10. The van der Waals surface area contributed by atoms with Crippen molar-refractivity contribution in [2.75, 3.05) is 7.05 Å². The first kappa shape index (κ1) is 17.9. The van der Waals surface area contributed by atoms with E-state index in [0.717, 1.165) is 6.08 Å². The number of rotatable bonds is 2. The van der Waals surface area contributed by atoms with Crippen molar-refractivity contribution in [2.24, 2.45) is 4.99 Å². The number of amides is 4. The number of imide groups is 1. The van der Waals surface area contributed by atoms with Crippen molar-refractivity contribution >= 4 is 23.9 Å². The highest BCUT2D eigenvalue weighted by molar-refractivity contribution is 6.02. The number of nitrogens with zero attached hydrogens (tertiary/aromatic N) is 1. The van der Waals surface area contributed by atoms with E-state index in [-0.39, 0.29) is 5.57 Å². The zero-order chi connectivity index (χ0) is 14.7. The minimum absolute atomic E-state index is 0.244. The van der Waals surface area contributed by atoms with E-state index in [2.05, 4.69) is 23.5 Å². The van der Waals surface area contributed by atoms with Gasteiger partial charge >= 0.3 is 6.03 Å². The maximum Gasteiger partial charge on any atom is 0.321 e. The van der Waals surface area contributed by atoms with Gasteiger partial charge in [0.15, 0.2) is 0 Å². The van der Waals surface area contributed by atoms with Crippen LogP contribution < -0.4 is 10.6 Å². The Hall–Kier alpha value is -2.53. The molecule has 98 valence electrons. The SMILES string of the molecule is C=C(C)C(=O)N=C=O.C=C(C)C(=O)NC(=O)NC. The van der Waals surface area contributed by atoms with Gasteiger partial charge in [0.05, 0.1) is 0 Å². The molecular formula is C11H15N3O4. The number of urea groups is 1. The number of carbonyl (C=O) groups excluding carboxylic acids is 4. The molecule has 0 aromatic rings. The predicted octanol–water partition coefficient (Wildman–Crippen LogP) is 0.443. The van der Waals surface area contributed by atoms with Crippen LogP contribution in [0.15, 0.2) is 29.3 Å². The van der Waals surface area contributed by atoms with Crippen LogP contribution in [0, 0.1) is 0 Å². The lowest BCUT2D eigenvalue weighted by Gasteiger charge is -2.00. The molecule has 7 heteroatoms. The summed E-state index contributed by atoms with van der Waals surface area (Å²) in [5, 5.41) is 4.28.